The van der Waals surface area contributed by atoms with Gasteiger partial charge in [-0.25, -0.2) is 0 Å². The van der Waals surface area contributed by atoms with E-state index in [1.165, 1.54) is 4.90 Å². The molecule has 0 radical (unpaired) electrons. The lowest BCUT2D eigenvalue weighted by atomic mass is 10.2. The molecule has 0 aromatic heterocycles. The van der Waals surface area contributed by atoms with Crippen LogP contribution in [0.1, 0.15) is 5.56 Å². The Morgan fingerprint density at radius 1 is 1.43 bits per heavy atom. The Kier molecular flexibility index (Phi) is 5.55. The molecule has 14 heavy (non-hydrogen) atoms. The summed E-state index contributed by atoms with van der Waals surface area (Å²) in [4.78, 5) is 1.23. The summed E-state index contributed by atoms with van der Waals surface area (Å²) in [6.45, 7) is 1.35. The lowest BCUT2D eigenvalue weighted by Gasteiger charge is -2.04. The van der Waals surface area contributed by atoms with E-state index in [1.807, 2.05) is 6.07 Å². The Hall–Kier alpha value is -0.0300. The van der Waals surface area contributed by atoms with Crippen LogP contribution in [0.15, 0.2) is 27.6 Å². The number of methoxy groups -OCH3 is 1. The van der Waals surface area contributed by atoms with Gasteiger partial charge in [0.1, 0.15) is 0 Å². The average molecular weight is 276 g/mol. The second-order valence-corrected chi connectivity index (χ2v) is 4.92. The van der Waals surface area contributed by atoms with Crippen LogP contribution >= 0.6 is 27.7 Å². The van der Waals surface area contributed by atoms with E-state index in [0.717, 1.165) is 22.4 Å². The number of rotatable bonds is 5. The summed E-state index contributed by atoms with van der Waals surface area (Å²) in [5.41, 5.74) is 6.74. The fourth-order valence-electron chi connectivity index (χ4n) is 1.06. The Morgan fingerprint density at radius 2 is 2.21 bits per heavy atom. The van der Waals surface area contributed by atoms with Gasteiger partial charge in [-0.15, -0.1) is 11.8 Å². The van der Waals surface area contributed by atoms with Gasteiger partial charge in [-0.1, -0.05) is 15.9 Å². The van der Waals surface area contributed by atoms with Crippen LogP contribution < -0.4 is 5.73 Å². The highest BCUT2D eigenvalue weighted by atomic mass is 79.9. The van der Waals surface area contributed by atoms with E-state index in [-0.39, 0.29) is 0 Å². The minimum atomic E-state index is 0.581. The SMILES string of the molecule is COCCSc1cc(Br)cc(CN)c1. The van der Waals surface area contributed by atoms with Crippen molar-refractivity contribution in [3.63, 3.8) is 0 Å². The highest BCUT2D eigenvalue weighted by Gasteiger charge is 1.98. The number of nitrogens with two attached hydrogens (primary N) is 1. The fourth-order valence-corrected chi connectivity index (χ4v) is 2.69. The first kappa shape index (κ1) is 12.0. The third-order valence-corrected chi connectivity index (χ3v) is 3.12. The molecule has 4 heteroatoms. The zero-order valence-corrected chi connectivity index (χ0v) is 10.5. The molecule has 0 heterocycles. The van der Waals surface area contributed by atoms with E-state index in [4.69, 9.17) is 10.5 Å². The number of ether oxygens (including phenoxy) is 1. The molecule has 1 aromatic rings. The van der Waals surface area contributed by atoms with Crippen molar-refractivity contribution in [2.24, 2.45) is 5.73 Å². The first-order valence-electron chi connectivity index (χ1n) is 4.37. The molecule has 2 N–H and O–H groups in total. The quantitative estimate of drug-likeness (QED) is 0.663. The molecule has 0 aliphatic heterocycles. The first-order chi connectivity index (χ1) is 6.76. The van der Waals surface area contributed by atoms with Gasteiger partial charge < -0.3 is 10.5 Å². The van der Waals surface area contributed by atoms with Crippen molar-refractivity contribution in [1.82, 2.24) is 0 Å². The zero-order valence-electron chi connectivity index (χ0n) is 8.13. The molecule has 0 bridgehead atoms. The molecule has 0 aliphatic rings. The van der Waals surface area contributed by atoms with Gasteiger partial charge in [0.2, 0.25) is 0 Å². The summed E-state index contributed by atoms with van der Waals surface area (Å²) in [5, 5.41) is 0. The van der Waals surface area contributed by atoms with Crippen molar-refractivity contribution in [3.05, 3.63) is 28.2 Å². The fraction of sp³-hybridized carbons (Fsp3) is 0.400. The third-order valence-electron chi connectivity index (χ3n) is 1.72. The molecule has 2 nitrogen and oxygen atoms in total. The van der Waals surface area contributed by atoms with E-state index in [2.05, 4.69) is 28.1 Å². The predicted molar refractivity (Wildman–Crippen MR) is 64.6 cm³/mol. The minimum Gasteiger partial charge on any atom is -0.384 e. The molecule has 0 saturated heterocycles. The van der Waals surface area contributed by atoms with Crippen molar-refractivity contribution in [3.8, 4) is 0 Å². The summed E-state index contributed by atoms with van der Waals surface area (Å²) in [6, 6.07) is 6.25. The number of hydrogen-bond acceptors (Lipinski definition) is 3. The van der Waals surface area contributed by atoms with E-state index >= 15 is 0 Å². The van der Waals surface area contributed by atoms with Crippen molar-refractivity contribution in [2.45, 2.75) is 11.4 Å². The molecular formula is C10H14BrNOS. The van der Waals surface area contributed by atoms with Gasteiger partial charge in [-0.3, -0.25) is 0 Å². The van der Waals surface area contributed by atoms with Crippen LogP contribution in [0.3, 0.4) is 0 Å². The standard InChI is InChI=1S/C10H14BrNOS/c1-13-2-3-14-10-5-8(7-12)4-9(11)6-10/h4-6H,2-3,7,12H2,1H3. The monoisotopic (exact) mass is 275 g/mol. The summed E-state index contributed by atoms with van der Waals surface area (Å²) in [6.07, 6.45) is 0. The molecule has 1 rings (SSSR count). The summed E-state index contributed by atoms with van der Waals surface area (Å²) in [5.74, 6) is 0.969. The summed E-state index contributed by atoms with van der Waals surface area (Å²) < 4.78 is 6.08. The van der Waals surface area contributed by atoms with E-state index in [9.17, 15) is 0 Å². The highest BCUT2D eigenvalue weighted by Crippen LogP contribution is 2.24. The zero-order chi connectivity index (χ0) is 10.4. The molecule has 0 spiro atoms. The molecule has 78 valence electrons. The molecule has 0 fully saturated rings. The van der Waals surface area contributed by atoms with Crippen LogP contribution in [0.25, 0.3) is 0 Å². The third kappa shape index (κ3) is 4.00. The average Bonchev–Trinajstić information content (AvgIpc) is 2.17. The number of benzene rings is 1. The largest absolute Gasteiger partial charge is 0.384 e. The Morgan fingerprint density at radius 3 is 2.86 bits per heavy atom. The maximum atomic E-state index is 5.59. The predicted octanol–water partition coefficient (Wildman–Crippen LogP) is 2.65. The van der Waals surface area contributed by atoms with Crippen LogP contribution in [0.4, 0.5) is 0 Å². The Labute approximate surface area is 97.3 Å². The molecule has 0 saturated carbocycles. The summed E-state index contributed by atoms with van der Waals surface area (Å²) >= 11 is 5.24. The Balaban J connectivity index is 2.62. The minimum absolute atomic E-state index is 0.581. The van der Waals surface area contributed by atoms with Gasteiger partial charge in [-0.05, 0) is 23.8 Å². The second-order valence-electron chi connectivity index (χ2n) is 2.84. The molecule has 0 unspecified atom stereocenters. The van der Waals surface area contributed by atoms with Crippen molar-refractivity contribution < 1.29 is 4.74 Å². The van der Waals surface area contributed by atoms with Crippen molar-refractivity contribution >= 4 is 27.7 Å². The van der Waals surface area contributed by atoms with Crippen molar-refractivity contribution in [2.75, 3.05) is 19.5 Å². The highest BCUT2D eigenvalue weighted by molar-refractivity contribution is 9.10. The Bertz CT molecular complexity index is 293. The molecule has 1 aromatic carbocycles. The van der Waals surface area contributed by atoms with Gasteiger partial charge in [0.15, 0.2) is 0 Å². The number of hydrogen-bond donors (Lipinski definition) is 1. The normalized spacial score (nSPS) is 10.5. The van der Waals surface area contributed by atoms with E-state index in [0.29, 0.717) is 6.54 Å². The van der Waals surface area contributed by atoms with Crippen LogP contribution in [-0.2, 0) is 11.3 Å². The van der Waals surface area contributed by atoms with Gasteiger partial charge in [0.25, 0.3) is 0 Å². The summed E-state index contributed by atoms with van der Waals surface area (Å²) in [7, 11) is 1.72. The number of halogens is 1. The molecule has 0 atom stereocenters. The maximum Gasteiger partial charge on any atom is 0.0556 e. The smallest absolute Gasteiger partial charge is 0.0556 e. The van der Waals surface area contributed by atoms with E-state index in [1.54, 1.807) is 18.9 Å². The van der Waals surface area contributed by atoms with E-state index < -0.39 is 0 Å². The van der Waals surface area contributed by atoms with Crippen LogP contribution in [-0.4, -0.2) is 19.5 Å². The van der Waals surface area contributed by atoms with Crippen LogP contribution in [0.5, 0.6) is 0 Å². The molecule has 0 aliphatic carbocycles. The molecular weight excluding hydrogens is 262 g/mol. The molecule has 0 amide bonds. The lowest BCUT2D eigenvalue weighted by molar-refractivity contribution is 0.218. The van der Waals surface area contributed by atoms with Crippen molar-refractivity contribution in [1.29, 1.82) is 0 Å². The maximum absolute atomic E-state index is 5.59. The number of thioether (sulfide) groups is 1. The van der Waals surface area contributed by atoms with Crippen LogP contribution in [0, 0.1) is 0 Å². The topological polar surface area (TPSA) is 35.2 Å². The van der Waals surface area contributed by atoms with Gasteiger partial charge >= 0.3 is 0 Å². The van der Waals surface area contributed by atoms with Gasteiger partial charge in [-0.2, -0.15) is 0 Å². The van der Waals surface area contributed by atoms with Gasteiger partial charge in [0, 0.05) is 28.8 Å². The van der Waals surface area contributed by atoms with Crippen LogP contribution in [0.2, 0.25) is 0 Å². The first-order valence-corrected chi connectivity index (χ1v) is 6.15. The second kappa shape index (κ2) is 6.45. The van der Waals surface area contributed by atoms with Gasteiger partial charge in [0.05, 0.1) is 6.61 Å². The lowest BCUT2D eigenvalue weighted by Crippen LogP contribution is -1.97.